The molecule has 2 fully saturated rings. The zero-order valence-corrected chi connectivity index (χ0v) is 24.8. The maximum atomic E-state index is 13.9. The van der Waals surface area contributed by atoms with Crippen molar-refractivity contribution >= 4 is 50.6 Å². The summed E-state index contributed by atoms with van der Waals surface area (Å²) >= 11 is 7.65. The molecular weight excluding hydrogens is 588 g/mol. The number of piperidine rings is 1. The number of rotatable bonds is 11. The Hall–Kier alpha value is -3.12. The number of anilines is 1. The van der Waals surface area contributed by atoms with Crippen LogP contribution in [0, 0.1) is 5.92 Å². The third-order valence-electron chi connectivity index (χ3n) is 7.23. The monoisotopic (exact) mass is 618 g/mol. The number of sulfonamides is 1. The van der Waals surface area contributed by atoms with Crippen molar-refractivity contribution in [1.29, 1.82) is 0 Å². The number of carboxylic acid groups (broad SMARTS) is 1. The first kappa shape index (κ1) is 29.4. The number of benzene rings is 2. The molecule has 12 heteroatoms. The molecule has 1 saturated carbocycles. The largest absolute Gasteiger partial charge is 0.477 e. The van der Waals surface area contributed by atoms with Crippen LogP contribution >= 0.6 is 22.9 Å². The summed E-state index contributed by atoms with van der Waals surface area (Å²) in [6.45, 7) is 1.40. The van der Waals surface area contributed by atoms with E-state index in [4.69, 9.17) is 21.1 Å². The molecule has 2 heterocycles. The lowest BCUT2D eigenvalue weighted by Gasteiger charge is -2.35. The van der Waals surface area contributed by atoms with Crippen molar-refractivity contribution in [3.05, 3.63) is 70.1 Å². The molecule has 0 amide bonds. The van der Waals surface area contributed by atoms with E-state index in [0.29, 0.717) is 47.6 Å². The van der Waals surface area contributed by atoms with Crippen LogP contribution in [-0.4, -0.2) is 57.8 Å². The van der Waals surface area contributed by atoms with E-state index >= 15 is 0 Å². The van der Waals surface area contributed by atoms with E-state index in [1.807, 2.05) is 18.2 Å². The van der Waals surface area contributed by atoms with Gasteiger partial charge in [-0.1, -0.05) is 54.1 Å². The predicted octanol–water partition coefficient (Wildman–Crippen LogP) is 5.19. The third-order valence-corrected chi connectivity index (χ3v) is 10.7. The Kier molecular flexibility index (Phi) is 8.88. The van der Waals surface area contributed by atoms with Gasteiger partial charge < -0.3 is 19.9 Å². The predicted molar refractivity (Wildman–Crippen MR) is 158 cm³/mol. The van der Waals surface area contributed by atoms with Crippen LogP contribution in [0.15, 0.2) is 54.6 Å². The maximum Gasteiger partial charge on any atom is 0.349 e. The number of hydrogen-bond acceptors (Lipinski definition) is 8. The number of nitrogens with one attached hydrogen (secondary N) is 1. The van der Waals surface area contributed by atoms with Crippen molar-refractivity contribution in [2.45, 2.75) is 43.6 Å². The molecule has 41 heavy (non-hydrogen) atoms. The highest BCUT2D eigenvalue weighted by Crippen LogP contribution is 2.48. The van der Waals surface area contributed by atoms with Gasteiger partial charge in [0.15, 0.2) is 16.7 Å². The highest BCUT2D eigenvalue weighted by atomic mass is 35.5. The van der Waals surface area contributed by atoms with Gasteiger partial charge in [0.05, 0.1) is 23.4 Å². The van der Waals surface area contributed by atoms with Gasteiger partial charge in [-0.05, 0) is 62.0 Å². The quantitative estimate of drug-likeness (QED) is 0.282. The molecule has 1 atom stereocenters. The molecule has 9 nitrogen and oxygen atoms in total. The highest BCUT2D eigenvalue weighted by Gasteiger charge is 2.41. The van der Waals surface area contributed by atoms with Crippen molar-refractivity contribution < 1.29 is 32.6 Å². The number of thiophene rings is 1. The van der Waals surface area contributed by atoms with Gasteiger partial charge in [0.1, 0.15) is 5.02 Å². The van der Waals surface area contributed by atoms with Crippen LogP contribution in [0.3, 0.4) is 0 Å². The number of nitrogens with zero attached hydrogens (tertiary/aromatic N) is 1. The molecule has 1 saturated heterocycles. The summed E-state index contributed by atoms with van der Waals surface area (Å²) in [6, 6.07) is 15.7. The van der Waals surface area contributed by atoms with E-state index in [0.717, 1.165) is 24.2 Å². The van der Waals surface area contributed by atoms with Gasteiger partial charge in [0.25, 0.3) is 0 Å². The Morgan fingerprint density at radius 2 is 1.80 bits per heavy atom. The Bertz CT molecular complexity index is 1520. The fourth-order valence-electron chi connectivity index (χ4n) is 5.08. The Morgan fingerprint density at radius 1 is 1.10 bits per heavy atom. The number of esters is 1. The number of carboxylic acids is 1. The van der Waals surface area contributed by atoms with E-state index in [1.54, 1.807) is 36.4 Å². The molecule has 0 spiro atoms. The van der Waals surface area contributed by atoms with Gasteiger partial charge in [0, 0.05) is 12.0 Å². The lowest BCUT2D eigenvalue weighted by atomic mass is 10.1. The molecule has 0 radical (unpaired) electrons. The van der Waals surface area contributed by atoms with Crippen molar-refractivity contribution in [2.75, 3.05) is 24.5 Å². The summed E-state index contributed by atoms with van der Waals surface area (Å²) in [5.74, 6) is -2.13. The van der Waals surface area contributed by atoms with Crippen LogP contribution in [-0.2, 0) is 25.3 Å². The summed E-state index contributed by atoms with van der Waals surface area (Å²) in [5, 5.41) is 13.3. The molecule has 1 aromatic heterocycles. The van der Waals surface area contributed by atoms with E-state index in [2.05, 4.69) is 5.32 Å². The van der Waals surface area contributed by atoms with Crippen LogP contribution < -0.4 is 14.4 Å². The smallest absolute Gasteiger partial charge is 0.349 e. The maximum absolute atomic E-state index is 13.9. The Morgan fingerprint density at radius 3 is 2.44 bits per heavy atom. The van der Waals surface area contributed by atoms with Crippen LogP contribution in [0.4, 0.5) is 5.69 Å². The van der Waals surface area contributed by atoms with Gasteiger partial charge in [0.2, 0.25) is 10.0 Å². The molecule has 5 rings (SSSR count). The summed E-state index contributed by atoms with van der Waals surface area (Å²) in [6.07, 6.45) is 1.87. The van der Waals surface area contributed by atoms with Gasteiger partial charge in [-0.15, -0.1) is 11.3 Å². The molecule has 2 aliphatic rings. The SMILES string of the molecule is COC(=O)C(Oc1c(C(=O)O)sc(-c2cccc(N(C3CCNCC3)S(=O)(=O)Cc3ccccc3)c2)c1Cl)C1CC1. The molecule has 218 valence electrons. The van der Waals surface area contributed by atoms with Crippen molar-refractivity contribution in [3.63, 3.8) is 0 Å². The fraction of sp³-hybridized carbons (Fsp3) is 0.379. The number of hydrogen-bond donors (Lipinski definition) is 2. The van der Waals surface area contributed by atoms with Crippen molar-refractivity contribution in [1.82, 2.24) is 5.32 Å². The highest BCUT2D eigenvalue weighted by molar-refractivity contribution is 7.92. The zero-order valence-electron chi connectivity index (χ0n) is 22.4. The molecule has 2 N–H and O–H groups in total. The average molecular weight is 619 g/mol. The standard InChI is InChI=1S/C29H31ClN2O7S2/c1-38-29(35)24(19-10-11-19)39-25-23(30)26(40-27(25)28(33)34)20-8-5-9-22(16-20)32(21-12-14-31-15-13-21)41(36,37)17-18-6-3-2-4-7-18/h2-9,16,19,21,24,31H,10-15,17H2,1H3,(H,33,34). The number of carbonyl (C=O) groups excluding carboxylic acids is 1. The Balaban J connectivity index is 1.54. The number of halogens is 1. The first-order valence-electron chi connectivity index (χ1n) is 13.4. The molecule has 1 unspecified atom stereocenters. The summed E-state index contributed by atoms with van der Waals surface area (Å²) in [4.78, 5) is 24.8. The van der Waals surface area contributed by atoms with Crippen molar-refractivity contribution in [3.8, 4) is 16.2 Å². The van der Waals surface area contributed by atoms with E-state index in [1.165, 1.54) is 11.4 Å². The van der Waals surface area contributed by atoms with Crippen LogP contribution in [0.2, 0.25) is 5.02 Å². The molecule has 1 aliphatic heterocycles. The Labute approximate surface area is 248 Å². The van der Waals surface area contributed by atoms with Gasteiger partial charge >= 0.3 is 11.9 Å². The van der Waals surface area contributed by atoms with E-state index in [9.17, 15) is 23.1 Å². The normalized spacial score (nSPS) is 16.6. The minimum Gasteiger partial charge on any atom is -0.477 e. The minimum atomic E-state index is -3.78. The lowest BCUT2D eigenvalue weighted by molar-refractivity contribution is -0.149. The second-order valence-corrected chi connectivity index (χ2v) is 13.4. The molecule has 3 aromatic rings. The second-order valence-electron chi connectivity index (χ2n) is 10.2. The first-order chi connectivity index (χ1) is 19.7. The van der Waals surface area contributed by atoms with Crippen molar-refractivity contribution in [2.24, 2.45) is 5.92 Å². The summed E-state index contributed by atoms with van der Waals surface area (Å²) in [7, 11) is -2.52. The van der Waals surface area contributed by atoms with Crippen LogP contribution in [0.25, 0.3) is 10.4 Å². The lowest BCUT2D eigenvalue weighted by Crippen LogP contribution is -2.46. The minimum absolute atomic E-state index is 0.0552. The van der Waals surface area contributed by atoms with Gasteiger partial charge in [-0.3, -0.25) is 4.31 Å². The number of methoxy groups -OCH3 is 1. The average Bonchev–Trinajstić information content (AvgIpc) is 3.75. The molecule has 0 bridgehead atoms. The number of aromatic carboxylic acids is 1. The van der Waals surface area contributed by atoms with Gasteiger partial charge in [-0.25, -0.2) is 18.0 Å². The van der Waals surface area contributed by atoms with Crippen LogP contribution in [0.5, 0.6) is 5.75 Å². The van der Waals surface area contributed by atoms with Crippen LogP contribution in [0.1, 0.15) is 40.9 Å². The summed E-state index contributed by atoms with van der Waals surface area (Å²) < 4.78 is 40.1. The molecule has 2 aromatic carbocycles. The van der Waals surface area contributed by atoms with E-state index < -0.39 is 28.1 Å². The third kappa shape index (κ3) is 6.53. The number of ether oxygens (including phenoxy) is 2. The first-order valence-corrected chi connectivity index (χ1v) is 16.2. The van der Waals surface area contributed by atoms with Gasteiger partial charge in [-0.2, -0.15) is 0 Å². The molecule has 1 aliphatic carbocycles. The fourth-order valence-corrected chi connectivity index (χ4v) is 8.32. The molecular formula is C29H31ClN2O7S2. The second kappa shape index (κ2) is 12.4. The van der Waals surface area contributed by atoms with E-state index in [-0.39, 0.29) is 33.4 Å². The number of carbonyl (C=O) groups is 2. The topological polar surface area (TPSA) is 122 Å². The zero-order chi connectivity index (χ0) is 29.1. The summed E-state index contributed by atoms with van der Waals surface area (Å²) in [5.41, 5.74) is 1.71.